The van der Waals surface area contributed by atoms with Crippen LogP contribution in [0.1, 0.15) is 36.3 Å². The van der Waals surface area contributed by atoms with Crippen molar-refractivity contribution in [1.29, 1.82) is 0 Å². The second-order valence-electron chi connectivity index (χ2n) is 7.38. The third-order valence-corrected chi connectivity index (χ3v) is 6.57. The van der Waals surface area contributed by atoms with Crippen molar-refractivity contribution in [2.75, 3.05) is 17.9 Å². The number of aryl methyl sites for hydroxylation is 2. The van der Waals surface area contributed by atoms with Crippen LogP contribution in [0.2, 0.25) is 5.02 Å². The van der Waals surface area contributed by atoms with Crippen LogP contribution in [0.4, 0.5) is 5.69 Å². The van der Waals surface area contributed by atoms with Gasteiger partial charge >= 0.3 is 0 Å². The van der Waals surface area contributed by atoms with Gasteiger partial charge in [-0.3, -0.25) is 4.79 Å². The summed E-state index contributed by atoms with van der Waals surface area (Å²) in [6.07, 6.45) is 1.73. The predicted octanol–water partition coefficient (Wildman–Crippen LogP) is 4.60. The topological polar surface area (TPSA) is 81.1 Å². The molecule has 0 radical (unpaired) electrons. The van der Waals surface area contributed by atoms with Crippen molar-refractivity contribution in [3.63, 3.8) is 0 Å². The molecule has 0 aliphatic carbocycles. The minimum atomic E-state index is -0.476. The average molecular weight is 458 g/mol. The highest BCUT2D eigenvalue weighted by Crippen LogP contribution is 2.39. The Kier molecular flexibility index (Phi) is 6.38. The molecule has 2 atom stereocenters. The number of halogens is 1. The van der Waals surface area contributed by atoms with Gasteiger partial charge in [0.15, 0.2) is 5.82 Å². The van der Waals surface area contributed by atoms with Gasteiger partial charge in [0, 0.05) is 12.1 Å². The number of fused-ring (bicyclic) bond motifs is 1. The third-order valence-electron chi connectivity index (χ3n) is 5.06. The van der Waals surface area contributed by atoms with Gasteiger partial charge in [0.1, 0.15) is 11.0 Å². The number of rotatable bonds is 6. The van der Waals surface area contributed by atoms with Crippen LogP contribution < -0.4 is 15.5 Å². The first-order valence-corrected chi connectivity index (χ1v) is 11.3. The van der Waals surface area contributed by atoms with Gasteiger partial charge in [-0.1, -0.05) is 48.5 Å². The summed E-state index contributed by atoms with van der Waals surface area (Å²) in [4.78, 5) is 13.3. The number of hydrogen-bond donors (Lipinski definition) is 2. The zero-order valence-electron chi connectivity index (χ0n) is 17.6. The molecule has 0 unspecified atom stereocenters. The van der Waals surface area contributed by atoms with Crippen LogP contribution in [0.15, 0.2) is 47.6 Å². The van der Waals surface area contributed by atoms with E-state index >= 15 is 0 Å². The Morgan fingerprint density at radius 3 is 2.84 bits per heavy atom. The maximum atomic E-state index is 13.3. The summed E-state index contributed by atoms with van der Waals surface area (Å²) in [6.45, 7) is 4.09. The van der Waals surface area contributed by atoms with E-state index in [0.717, 1.165) is 35.5 Å². The lowest BCUT2D eigenvalue weighted by Gasteiger charge is -2.33. The van der Waals surface area contributed by atoms with Crippen LogP contribution in [-0.4, -0.2) is 33.1 Å². The maximum absolute atomic E-state index is 13.3. The molecule has 0 bridgehead atoms. The summed E-state index contributed by atoms with van der Waals surface area (Å²) >= 11 is 7.79. The van der Waals surface area contributed by atoms with Gasteiger partial charge in [-0.25, -0.2) is 4.68 Å². The molecule has 2 aromatic carbocycles. The quantitative estimate of drug-likeness (QED) is 0.563. The van der Waals surface area contributed by atoms with E-state index in [2.05, 4.69) is 27.9 Å². The molecule has 0 saturated carbocycles. The lowest BCUT2D eigenvalue weighted by Crippen LogP contribution is -2.41. The number of ether oxygens (including phenoxy) is 1. The number of methoxy groups -OCH3 is 1. The Morgan fingerprint density at radius 2 is 2.13 bits per heavy atom. The Bertz CT molecular complexity index is 1100. The number of carbonyl (C=O) groups is 1. The van der Waals surface area contributed by atoms with Crippen LogP contribution in [0, 0.1) is 6.92 Å². The van der Waals surface area contributed by atoms with Gasteiger partial charge in [-0.2, -0.15) is 0 Å². The monoisotopic (exact) mass is 457 g/mol. The van der Waals surface area contributed by atoms with Crippen LogP contribution in [0.5, 0.6) is 5.75 Å². The molecule has 4 rings (SSSR count). The summed E-state index contributed by atoms with van der Waals surface area (Å²) < 4.78 is 7.17. The fourth-order valence-corrected chi connectivity index (χ4v) is 4.91. The number of thioether (sulfide) groups is 1. The Balaban J connectivity index is 1.69. The molecule has 2 heterocycles. The highest BCUT2D eigenvalue weighted by molar-refractivity contribution is 8.00. The van der Waals surface area contributed by atoms with Crippen LogP contribution in [0.3, 0.4) is 0 Å². The number of amides is 1. The van der Waals surface area contributed by atoms with Crippen molar-refractivity contribution >= 4 is 35.0 Å². The molecule has 1 aliphatic rings. The fraction of sp³-hybridized carbons (Fsp3) is 0.318. The first-order valence-electron chi connectivity index (χ1n) is 10.1. The van der Waals surface area contributed by atoms with Gasteiger partial charge < -0.3 is 15.5 Å². The molecule has 31 heavy (non-hydrogen) atoms. The molecular weight excluding hydrogens is 434 g/mol. The van der Waals surface area contributed by atoms with Crippen LogP contribution >= 0.6 is 23.4 Å². The maximum Gasteiger partial charge on any atom is 0.240 e. The number of aromatic nitrogens is 3. The van der Waals surface area contributed by atoms with Crippen molar-refractivity contribution in [2.24, 2.45) is 0 Å². The fourth-order valence-electron chi connectivity index (χ4n) is 3.55. The molecule has 3 aromatic rings. The number of benzene rings is 2. The van der Waals surface area contributed by atoms with Crippen molar-refractivity contribution in [2.45, 2.75) is 43.1 Å². The Labute approximate surface area is 190 Å². The van der Waals surface area contributed by atoms with Crippen molar-refractivity contribution in [1.82, 2.24) is 14.9 Å². The van der Waals surface area contributed by atoms with Gasteiger partial charge in [0.2, 0.25) is 11.1 Å². The summed E-state index contributed by atoms with van der Waals surface area (Å²) in [5.74, 6) is 1.31. The van der Waals surface area contributed by atoms with E-state index in [1.165, 1.54) is 11.8 Å². The molecule has 2 N–H and O–H groups in total. The lowest BCUT2D eigenvalue weighted by atomic mass is 10.0. The smallest absolute Gasteiger partial charge is 0.240 e. The van der Waals surface area contributed by atoms with Gasteiger partial charge in [0.25, 0.3) is 0 Å². The van der Waals surface area contributed by atoms with Gasteiger partial charge in [-0.05, 0) is 48.7 Å². The number of nitrogens with zero attached hydrogens (tertiary/aromatic N) is 3. The SMILES string of the molecule is CCCc1nnc2n1N[C@H](c1ccc(OC)c(Cl)c1)[C@H](C(=O)Nc1cccc(C)c1)S2. The summed E-state index contributed by atoms with van der Waals surface area (Å²) in [7, 11) is 1.58. The minimum absolute atomic E-state index is 0.119. The van der Waals surface area contributed by atoms with E-state index < -0.39 is 5.25 Å². The molecule has 0 spiro atoms. The summed E-state index contributed by atoms with van der Waals surface area (Å²) in [5.41, 5.74) is 6.17. The molecule has 1 aromatic heterocycles. The lowest BCUT2D eigenvalue weighted by molar-refractivity contribution is -0.116. The van der Waals surface area contributed by atoms with Gasteiger partial charge in [0.05, 0.1) is 18.2 Å². The summed E-state index contributed by atoms with van der Waals surface area (Å²) in [5, 5.41) is 12.3. The number of carbonyl (C=O) groups excluding carboxylic acids is 1. The molecule has 9 heteroatoms. The summed E-state index contributed by atoms with van der Waals surface area (Å²) in [6, 6.07) is 13.0. The zero-order valence-corrected chi connectivity index (χ0v) is 19.1. The largest absolute Gasteiger partial charge is 0.495 e. The molecule has 1 aliphatic heterocycles. The Morgan fingerprint density at radius 1 is 1.29 bits per heavy atom. The predicted molar refractivity (Wildman–Crippen MR) is 124 cm³/mol. The van der Waals surface area contributed by atoms with Crippen LogP contribution in [0.25, 0.3) is 0 Å². The standard InChI is InChI=1S/C22H24ClN5O2S/c1-4-6-18-25-26-22-28(18)27-19(14-9-10-17(30-3)16(23)12-14)20(31-22)21(29)24-15-8-5-7-13(2)11-15/h5,7-12,19-20,27H,4,6H2,1-3H3,(H,24,29)/t19-,20-/m1/s1. The number of anilines is 1. The molecule has 162 valence electrons. The molecule has 1 amide bonds. The molecular formula is C22H24ClN5O2S. The van der Waals surface area contributed by atoms with E-state index in [1.54, 1.807) is 7.11 Å². The second kappa shape index (κ2) is 9.20. The van der Waals surface area contributed by atoms with Crippen molar-refractivity contribution < 1.29 is 9.53 Å². The van der Waals surface area contributed by atoms with E-state index in [0.29, 0.717) is 15.9 Å². The highest BCUT2D eigenvalue weighted by atomic mass is 35.5. The Hall–Kier alpha value is -2.71. The van der Waals surface area contributed by atoms with E-state index in [9.17, 15) is 4.79 Å². The average Bonchev–Trinajstić information content (AvgIpc) is 3.15. The van der Waals surface area contributed by atoms with E-state index in [-0.39, 0.29) is 11.9 Å². The third kappa shape index (κ3) is 4.50. The molecule has 0 saturated heterocycles. The second-order valence-corrected chi connectivity index (χ2v) is 8.90. The first-order chi connectivity index (χ1) is 15.0. The number of nitrogens with one attached hydrogen (secondary N) is 2. The van der Waals surface area contributed by atoms with Crippen molar-refractivity contribution in [3.8, 4) is 5.75 Å². The van der Waals surface area contributed by atoms with Crippen LogP contribution in [-0.2, 0) is 11.2 Å². The number of hydrogen-bond acceptors (Lipinski definition) is 6. The van der Waals surface area contributed by atoms with Gasteiger partial charge in [-0.15, -0.1) is 10.2 Å². The normalized spacial score (nSPS) is 17.5. The minimum Gasteiger partial charge on any atom is -0.495 e. The van der Waals surface area contributed by atoms with E-state index in [4.69, 9.17) is 16.3 Å². The van der Waals surface area contributed by atoms with E-state index in [1.807, 2.05) is 54.1 Å². The molecule has 7 nitrogen and oxygen atoms in total. The van der Waals surface area contributed by atoms with Crippen molar-refractivity contribution in [3.05, 3.63) is 64.4 Å². The molecule has 0 fully saturated rings. The highest BCUT2D eigenvalue weighted by Gasteiger charge is 2.38. The zero-order chi connectivity index (χ0) is 22.0. The first kappa shape index (κ1) is 21.5.